The van der Waals surface area contributed by atoms with E-state index in [1.54, 1.807) is 16.7 Å². The van der Waals surface area contributed by atoms with Crippen LogP contribution in [0.1, 0.15) is 39.2 Å². The molecule has 1 aromatic carbocycles. The molecular weight excluding hydrogens is 464 g/mol. The molecule has 0 fully saturated rings. The maximum absolute atomic E-state index is 12.8. The summed E-state index contributed by atoms with van der Waals surface area (Å²) in [4.78, 5) is 28.1. The van der Waals surface area contributed by atoms with Crippen LogP contribution < -0.4 is 15.4 Å². The molecule has 2 N–H and O–H groups in total. The first-order valence-corrected chi connectivity index (χ1v) is 12.2. The fourth-order valence-corrected chi connectivity index (χ4v) is 5.46. The molecule has 0 bridgehead atoms. The number of fused-ring (bicyclic) bond motifs is 1. The summed E-state index contributed by atoms with van der Waals surface area (Å²) in [6.07, 6.45) is 3.28. The quantitative estimate of drug-likeness (QED) is 0.524. The van der Waals surface area contributed by atoms with Crippen LogP contribution in [0.4, 0.5) is 9.80 Å². The Kier molecular flexibility index (Phi) is 7.36. The van der Waals surface area contributed by atoms with Gasteiger partial charge < -0.3 is 20.3 Å². The highest BCUT2D eigenvalue weighted by Crippen LogP contribution is 2.36. The number of hydrogen-bond acceptors (Lipinski definition) is 6. The largest absolute Gasteiger partial charge is 0.496 e. The first-order chi connectivity index (χ1) is 16.9. The zero-order valence-electron chi connectivity index (χ0n) is 20.1. The molecule has 0 atom stereocenters. The lowest BCUT2D eigenvalue weighted by Gasteiger charge is -2.27. The van der Waals surface area contributed by atoms with Crippen LogP contribution in [-0.2, 0) is 37.8 Å². The lowest BCUT2D eigenvalue weighted by Crippen LogP contribution is -2.42. The topological polar surface area (TPSA) is 112 Å². The molecule has 3 heterocycles. The average Bonchev–Trinajstić information content (AvgIpc) is 3.37. The standard InChI is InChI=1S/C25H28N6O3S/c1-16-18(14-30(2)29-16)13-27-25(33)31-11-10-19-20(12-26)24(35-22(19)15-31)28-23(32)9-8-17-6-4-5-7-21(17)34-3/h4-7,14H,8-11,13,15H2,1-3H3,(H,27,33)(H,28,32). The first-order valence-electron chi connectivity index (χ1n) is 11.4. The SMILES string of the molecule is COc1ccccc1CCC(=O)Nc1sc2c(c1C#N)CCN(C(=O)NCc1cn(C)nc1C)C2. The van der Waals surface area contributed by atoms with Gasteiger partial charge in [0, 0.05) is 43.2 Å². The van der Waals surface area contributed by atoms with Crippen molar-refractivity contribution in [1.29, 1.82) is 5.26 Å². The second kappa shape index (κ2) is 10.6. The Morgan fingerprint density at radius 2 is 2.09 bits per heavy atom. The molecule has 0 aliphatic carbocycles. The van der Waals surface area contributed by atoms with Gasteiger partial charge in [-0.1, -0.05) is 18.2 Å². The third kappa shape index (κ3) is 5.46. The van der Waals surface area contributed by atoms with E-state index < -0.39 is 0 Å². The molecule has 0 saturated carbocycles. The van der Waals surface area contributed by atoms with Gasteiger partial charge >= 0.3 is 6.03 Å². The van der Waals surface area contributed by atoms with Gasteiger partial charge in [0.2, 0.25) is 5.91 Å². The number of amides is 3. The fourth-order valence-electron chi connectivity index (χ4n) is 4.23. The number of thiophene rings is 1. The molecule has 10 heteroatoms. The van der Waals surface area contributed by atoms with Crippen LogP contribution in [0.5, 0.6) is 5.75 Å². The van der Waals surface area contributed by atoms with E-state index in [1.165, 1.54) is 11.3 Å². The van der Waals surface area contributed by atoms with E-state index in [0.717, 1.165) is 33.0 Å². The summed E-state index contributed by atoms with van der Waals surface area (Å²) in [5.41, 5.74) is 4.24. The Hall–Kier alpha value is -3.84. The van der Waals surface area contributed by atoms with E-state index in [1.807, 2.05) is 44.4 Å². The van der Waals surface area contributed by atoms with Crippen LogP contribution in [0, 0.1) is 18.3 Å². The number of carbonyl (C=O) groups excluding carboxylic acids is 2. The highest BCUT2D eigenvalue weighted by molar-refractivity contribution is 7.16. The summed E-state index contributed by atoms with van der Waals surface area (Å²) in [5, 5.41) is 20.5. The Morgan fingerprint density at radius 3 is 2.80 bits per heavy atom. The van der Waals surface area contributed by atoms with Gasteiger partial charge in [0.05, 0.1) is 24.9 Å². The van der Waals surface area contributed by atoms with Crippen LogP contribution in [0.15, 0.2) is 30.5 Å². The Bertz CT molecular complexity index is 1290. The number of nitriles is 1. The minimum atomic E-state index is -0.160. The summed E-state index contributed by atoms with van der Waals surface area (Å²) >= 11 is 1.37. The number of urea groups is 1. The van der Waals surface area contributed by atoms with Gasteiger partial charge in [-0.2, -0.15) is 10.4 Å². The predicted octanol–water partition coefficient (Wildman–Crippen LogP) is 3.51. The molecule has 1 aliphatic rings. The number of aromatic nitrogens is 2. The number of benzene rings is 1. The molecule has 0 unspecified atom stereocenters. The maximum atomic E-state index is 12.8. The molecule has 3 amide bonds. The summed E-state index contributed by atoms with van der Waals surface area (Å²) in [5.74, 6) is 0.592. The van der Waals surface area contributed by atoms with Gasteiger partial charge in [0.25, 0.3) is 0 Å². The number of ether oxygens (including phenoxy) is 1. The monoisotopic (exact) mass is 492 g/mol. The number of nitrogens with one attached hydrogen (secondary N) is 2. The summed E-state index contributed by atoms with van der Waals surface area (Å²) in [7, 11) is 3.46. The van der Waals surface area contributed by atoms with Gasteiger partial charge in [0.1, 0.15) is 16.8 Å². The zero-order chi connectivity index (χ0) is 24.9. The van der Waals surface area contributed by atoms with Crippen molar-refractivity contribution >= 4 is 28.3 Å². The minimum Gasteiger partial charge on any atom is -0.496 e. The second-order valence-corrected chi connectivity index (χ2v) is 9.53. The molecule has 0 spiro atoms. The van der Waals surface area contributed by atoms with Crippen molar-refractivity contribution in [2.45, 2.75) is 39.3 Å². The molecule has 0 radical (unpaired) electrons. The van der Waals surface area contributed by atoms with Crippen LogP contribution in [0.2, 0.25) is 0 Å². The van der Waals surface area contributed by atoms with Crippen LogP contribution in [-0.4, -0.2) is 40.3 Å². The van der Waals surface area contributed by atoms with E-state index in [0.29, 0.717) is 43.0 Å². The number of anilines is 1. The van der Waals surface area contributed by atoms with Crippen molar-refractivity contribution in [3.8, 4) is 11.8 Å². The molecule has 1 aliphatic heterocycles. The smallest absolute Gasteiger partial charge is 0.318 e. The second-order valence-electron chi connectivity index (χ2n) is 8.42. The van der Waals surface area contributed by atoms with Crippen LogP contribution >= 0.6 is 11.3 Å². The number of methoxy groups -OCH3 is 1. The molecule has 4 rings (SSSR count). The summed E-state index contributed by atoms with van der Waals surface area (Å²) < 4.78 is 7.08. The highest BCUT2D eigenvalue weighted by Gasteiger charge is 2.27. The number of para-hydroxylation sites is 1. The molecule has 3 aromatic rings. The molecule has 35 heavy (non-hydrogen) atoms. The highest BCUT2D eigenvalue weighted by atomic mass is 32.1. The van der Waals surface area contributed by atoms with Crippen LogP contribution in [0.3, 0.4) is 0 Å². The Balaban J connectivity index is 1.38. The summed E-state index contributed by atoms with van der Waals surface area (Å²) in [6.45, 7) is 3.24. The van der Waals surface area contributed by atoms with Crippen molar-refractivity contribution in [2.75, 3.05) is 19.0 Å². The van der Waals surface area contributed by atoms with Crippen LogP contribution in [0.25, 0.3) is 0 Å². The third-order valence-corrected chi connectivity index (χ3v) is 7.20. The molecule has 0 saturated heterocycles. The van der Waals surface area contributed by atoms with Gasteiger partial charge in [-0.3, -0.25) is 9.48 Å². The van der Waals surface area contributed by atoms with Crippen molar-refractivity contribution < 1.29 is 14.3 Å². The molecule has 9 nitrogen and oxygen atoms in total. The number of rotatable bonds is 7. The number of carbonyl (C=O) groups is 2. The lowest BCUT2D eigenvalue weighted by molar-refractivity contribution is -0.116. The average molecular weight is 493 g/mol. The maximum Gasteiger partial charge on any atom is 0.318 e. The van der Waals surface area contributed by atoms with E-state index in [2.05, 4.69) is 21.8 Å². The Labute approximate surface area is 208 Å². The fraction of sp³-hybridized carbons (Fsp3) is 0.360. The molecule has 2 aromatic heterocycles. The molecular formula is C25H28N6O3S. The number of nitrogens with zero attached hydrogens (tertiary/aromatic N) is 4. The number of aryl methyl sites for hydroxylation is 3. The Morgan fingerprint density at radius 1 is 1.29 bits per heavy atom. The summed E-state index contributed by atoms with van der Waals surface area (Å²) in [6, 6.07) is 9.70. The van der Waals surface area contributed by atoms with Gasteiger partial charge in [-0.25, -0.2) is 4.79 Å². The van der Waals surface area contributed by atoms with Crippen molar-refractivity contribution in [1.82, 2.24) is 20.0 Å². The van der Waals surface area contributed by atoms with E-state index in [-0.39, 0.29) is 18.4 Å². The number of hydrogen-bond donors (Lipinski definition) is 2. The van der Waals surface area contributed by atoms with E-state index in [4.69, 9.17) is 4.74 Å². The van der Waals surface area contributed by atoms with Crippen molar-refractivity contribution in [3.05, 3.63) is 63.3 Å². The zero-order valence-corrected chi connectivity index (χ0v) is 20.9. The lowest BCUT2D eigenvalue weighted by atomic mass is 10.0. The van der Waals surface area contributed by atoms with Crippen molar-refractivity contribution in [2.24, 2.45) is 7.05 Å². The predicted molar refractivity (Wildman–Crippen MR) is 133 cm³/mol. The van der Waals surface area contributed by atoms with Gasteiger partial charge in [-0.05, 0) is 37.0 Å². The minimum absolute atomic E-state index is 0.159. The van der Waals surface area contributed by atoms with Crippen molar-refractivity contribution in [3.63, 3.8) is 0 Å². The van der Waals surface area contributed by atoms with E-state index in [9.17, 15) is 14.9 Å². The van der Waals surface area contributed by atoms with E-state index >= 15 is 0 Å². The normalized spacial score (nSPS) is 12.6. The van der Waals surface area contributed by atoms with Gasteiger partial charge in [-0.15, -0.1) is 11.3 Å². The molecule has 182 valence electrons. The first kappa shape index (κ1) is 24.3. The third-order valence-electron chi connectivity index (χ3n) is 6.07. The van der Waals surface area contributed by atoms with Gasteiger partial charge in [0.15, 0.2) is 0 Å².